The summed E-state index contributed by atoms with van der Waals surface area (Å²) < 4.78 is 16.5. The minimum Gasteiger partial charge on any atom is -0.444 e. The molecule has 1 heterocycles. The molecule has 2 N–H and O–H groups in total. The van der Waals surface area contributed by atoms with Crippen LogP contribution in [0.1, 0.15) is 42.3 Å². The number of oxazole rings is 1. The van der Waals surface area contributed by atoms with Gasteiger partial charge in [-0.3, -0.25) is 0 Å². The molecule has 0 saturated carbocycles. The molecule has 7 nitrogen and oxygen atoms in total. The van der Waals surface area contributed by atoms with E-state index in [0.717, 1.165) is 35.1 Å². The molecule has 0 saturated heterocycles. The highest BCUT2D eigenvalue weighted by molar-refractivity contribution is 5.79. The number of guanidine groups is 1. The van der Waals surface area contributed by atoms with E-state index in [1.165, 1.54) is 0 Å². The number of hydrogen-bond acceptors (Lipinski definition) is 5. The summed E-state index contributed by atoms with van der Waals surface area (Å²) in [7, 11) is 0. The topological polar surface area (TPSA) is 80.9 Å². The molecule has 0 spiro atoms. The highest BCUT2D eigenvalue weighted by Crippen LogP contribution is 2.09. The van der Waals surface area contributed by atoms with Crippen molar-refractivity contribution in [3.63, 3.8) is 0 Å². The second-order valence-corrected chi connectivity index (χ2v) is 6.37. The van der Waals surface area contributed by atoms with Gasteiger partial charge in [-0.2, -0.15) is 0 Å². The molecule has 0 aliphatic rings. The van der Waals surface area contributed by atoms with Crippen LogP contribution in [0.4, 0.5) is 0 Å². The number of benzene rings is 1. The maximum Gasteiger partial charge on any atom is 0.214 e. The Labute approximate surface area is 167 Å². The normalized spacial score (nSPS) is 11.6. The first-order valence-corrected chi connectivity index (χ1v) is 9.80. The van der Waals surface area contributed by atoms with Gasteiger partial charge in [-0.1, -0.05) is 24.3 Å². The second kappa shape index (κ2) is 12.2. The molecule has 154 valence electrons. The first-order valence-electron chi connectivity index (χ1n) is 9.80. The molecule has 0 bridgehead atoms. The third-order valence-corrected chi connectivity index (χ3v) is 4.08. The summed E-state index contributed by atoms with van der Waals surface area (Å²) in [5.74, 6) is 2.24. The maximum absolute atomic E-state index is 5.64. The second-order valence-electron chi connectivity index (χ2n) is 6.37. The van der Waals surface area contributed by atoms with Crippen LogP contribution in [-0.4, -0.2) is 37.3 Å². The van der Waals surface area contributed by atoms with Gasteiger partial charge in [-0.05, 0) is 38.8 Å². The minimum atomic E-state index is 0.494. The molecule has 0 atom stereocenters. The van der Waals surface area contributed by atoms with Gasteiger partial charge in [-0.15, -0.1) is 0 Å². The molecule has 2 aromatic rings. The quantitative estimate of drug-likeness (QED) is 0.350. The molecule has 0 aliphatic heterocycles. The first kappa shape index (κ1) is 21.9. The fraction of sp³-hybridized carbons (Fsp3) is 0.524. The molecule has 1 aromatic heterocycles. The highest BCUT2D eigenvalue weighted by Gasteiger charge is 2.06. The van der Waals surface area contributed by atoms with Gasteiger partial charge >= 0.3 is 0 Å². The number of aliphatic imine (C=N–C) groups is 1. The third kappa shape index (κ3) is 7.70. The number of hydrogen-bond donors (Lipinski definition) is 2. The number of aryl methyl sites for hydroxylation is 2. The SMILES string of the molecule is CCNC(=NCc1cccc(COCCOCC)c1)NCc1nc(C)c(C)o1. The zero-order valence-electron chi connectivity index (χ0n) is 17.4. The lowest BCUT2D eigenvalue weighted by atomic mass is 10.1. The molecule has 2 rings (SSSR count). The van der Waals surface area contributed by atoms with Gasteiger partial charge in [0.25, 0.3) is 0 Å². The zero-order valence-corrected chi connectivity index (χ0v) is 17.4. The van der Waals surface area contributed by atoms with Crippen molar-refractivity contribution in [3.05, 3.63) is 52.7 Å². The van der Waals surface area contributed by atoms with E-state index in [0.29, 0.717) is 45.4 Å². The lowest BCUT2D eigenvalue weighted by Crippen LogP contribution is -2.36. The van der Waals surface area contributed by atoms with E-state index in [-0.39, 0.29) is 0 Å². The zero-order chi connectivity index (χ0) is 20.2. The average molecular weight is 389 g/mol. The standard InChI is InChI=1S/C21H32N4O3/c1-5-22-21(24-14-20-25-16(3)17(4)28-20)23-13-18-8-7-9-19(12-18)15-27-11-10-26-6-2/h7-9,12H,5-6,10-11,13-15H2,1-4H3,(H2,22,23,24). The molecule has 1 aromatic carbocycles. The fourth-order valence-corrected chi connectivity index (χ4v) is 2.56. The molecular formula is C21H32N4O3. The van der Waals surface area contributed by atoms with Crippen LogP contribution in [0.25, 0.3) is 0 Å². The van der Waals surface area contributed by atoms with E-state index >= 15 is 0 Å². The van der Waals surface area contributed by atoms with Crippen molar-refractivity contribution in [2.45, 2.75) is 47.4 Å². The highest BCUT2D eigenvalue weighted by atomic mass is 16.5. The monoisotopic (exact) mass is 388 g/mol. The number of rotatable bonds is 11. The van der Waals surface area contributed by atoms with Crippen LogP contribution < -0.4 is 10.6 Å². The van der Waals surface area contributed by atoms with Gasteiger partial charge in [0.05, 0.1) is 38.6 Å². The molecule has 0 unspecified atom stereocenters. The number of aromatic nitrogens is 1. The van der Waals surface area contributed by atoms with E-state index in [4.69, 9.17) is 13.9 Å². The molecule has 0 aliphatic carbocycles. The molecule has 0 amide bonds. The van der Waals surface area contributed by atoms with E-state index in [9.17, 15) is 0 Å². The van der Waals surface area contributed by atoms with Crippen LogP contribution in [0.15, 0.2) is 33.7 Å². The predicted octanol–water partition coefficient (Wildman–Crippen LogP) is 3.10. The maximum atomic E-state index is 5.64. The Morgan fingerprint density at radius 2 is 1.89 bits per heavy atom. The Kier molecular flexibility index (Phi) is 9.51. The molecule has 7 heteroatoms. The van der Waals surface area contributed by atoms with E-state index in [1.807, 2.05) is 33.8 Å². The Morgan fingerprint density at radius 3 is 2.61 bits per heavy atom. The van der Waals surface area contributed by atoms with Crippen molar-refractivity contribution >= 4 is 5.96 Å². The van der Waals surface area contributed by atoms with Gasteiger partial charge in [0.15, 0.2) is 5.96 Å². The van der Waals surface area contributed by atoms with E-state index < -0.39 is 0 Å². The van der Waals surface area contributed by atoms with Crippen LogP contribution in [0.3, 0.4) is 0 Å². The van der Waals surface area contributed by atoms with E-state index in [1.54, 1.807) is 0 Å². The Hall–Kier alpha value is -2.38. The van der Waals surface area contributed by atoms with Gasteiger partial charge in [-0.25, -0.2) is 9.98 Å². The third-order valence-electron chi connectivity index (χ3n) is 4.08. The Bertz CT molecular complexity index is 724. The Morgan fingerprint density at radius 1 is 1.11 bits per heavy atom. The van der Waals surface area contributed by atoms with Gasteiger partial charge in [0.2, 0.25) is 5.89 Å². The average Bonchev–Trinajstić information content (AvgIpc) is 3.02. The van der Waals surface area contributed by atoms with Crippen LogP contribution in [-0.2, 0) is 29.2 Å². The smallest absolute Gasteiger partial charge is 0.214 e. The van der Waals surface area contributed by atoms with Gasteiger partial charge in [0, 0.05) is 13.2 Å². The predicted molar refractivity (Wildman–Crippen MR) is 110 cm³/mol. The fourth-order valence-electron chi connectivity index (χ4n) is 2.56. The van der Waals surface area contributed by atoms with Crippen LogP contribution >= 0.6 is 0 Å². The summed E-state index contributed by atoms with van der Waals surface area (Å²) in [6.07, 6.45) is 0. The molecular weight excluding hydrogens is 356 g/mol. The van der Waals surface area contributed by atoms with Crippen LogP contribution in [0.2, 0.25) is 0 Å². The van der Waals surface area contributed by atoms with Crippen molar-refractivity contribution in [1.29, 1.82) is 0 Å². The lowest BCUT2D eigenvalue weighted by Gasteiger charge is -2.10. The van der Waals surface area contributed by atoms with Gasteiger partial charge in [0.1, 0.15) is 5.76 Å². The summed E-state index contributed by atoms with van der Waals surface area (Å²) in [5.41, 5.74) is 3.18. The van der Waals surface area contributed by atoms with Crippen LogP contribution in [0, 0.1) is 13.8 Å². The van der Waals surface area contributed by atoms with Crippen molar-refractivity contribution in [2.24, 2.45) is 4.99 Å². The van der Waals surface area contributed by atoms with Crippen LogP contribution in [0.5, 0.6) is 0 Å². The summed E-state index contributed by atoms with van der Waals surface area (Å²) in [4.78, 5) is 9.04. The minimum absolute atomic E-state index is 0.494. The Balaban J connectivity index is 1.87. The first-order chi connectivity index (χ1) is 13.6. The number of ether oxygens (including phenoxy) is 2. The molecule has 0 fully saturated rings. The summed E-state index contributed by atoms with van der Waals surface area (Å²) in [6, 6.07) is 8.28. The van der Waals surface area contributed by atoms with E-state index in [2.05, 4.69) is 38.8 Å². The summed E-state index contributed by atoms with van der Waals surface area (Å²) >= 11 is 0. The molecule has 28 heavy (non-hydrogen) atoms. The van der Waals surface area contributed by atoms with Crippen molar-refractivity contribution in [2.75, 3.05) is 26.4 Å². The lowest BCUT2D eigenvalue weighted by molar-refractivity contribution is 0.0453. The largest absolute Gasteiger partial charge is 0.444 e. The molecule has 0 radical (unpaired) electrons. The summed E-state index contributed by atoms with van der Waals surface area (Å²) in [5, 5.41) is 6.50. The van der Waals surface area contributed by atoms with Crippen molar-refractivity contribution < 1.29 is 13.9 Å². The number of nitrogens with one attached hydrogen (secondary N) is 2. The van der Waals surface area contributed by atoms with Crippen molar-refractivity contribution in [3.8, 4) is 0 Å². The van der Waals surface area contributed by atoms with Gasteiger partial charge < -0.3 is 24.5 Å². The van der Waals surface area contributed by atoms with Crippen molar-refractivity contribution in [1.82, 2.24) is 15.6 Å². The number of nitrogens with zero attached hydrogens (tertiary/aromatic N) is 2. The summed E-state index contributed by atoms with van der Waals surface area (Å²) in [6.45, 7) is 12.2.